The van der Waals surface area contributed by atoms with E-state index in [2.05, 4.69) is 48.1 Å². The Bertz CT molecular complexity index is 396. The number of hydrogen-bond donors (Lipinski definition) is 1. The summed E-state index contributed by atoms with van der Waals surface area (Å²) in [7, 11) is 1.67. The molecule has 3 nitrogen and oxygen atoms in total. The molecule has 4 heteroatoms. The van der Waals surface area contributed by atoms with Gasteiger partial charge in [0.25, 0.3) is 0 Å². The Morgan fingerprint density at radius 1 is 1.32 bits per heavy atom. The molecule has 0 saturated carbocycles. The number of benzene rings is 1. The number of hydrogen-bond acceptors (Lipinski definition) is 3. The zero-order valence-electron chi connectivity index (χ0n) is 12.3. The van der Waals surface area contributed by atoms with Crippen molar-refractivity contribution in [2.75, 3.05) is 13.7 Å². The van der Waals surface area contributed by atoms with E-state index in [0.717, 1.165) is 35.4 Å². The molecule has 19 heavy (non-hydrogen) atoms. The molecule has 0 aliphatic rings. The first-order valence-electron chi connectivity index (χ1n) is 6.84. The van der Waals surface area contributed by atoms with Crippen LogP contribution in [0.2, 0.25) is 0 Å². The molecule has 0 aromatic heterocycles. The molecule has 1 rings (SSSR count). The number of halogens is 1. The van der Waals surface area contributed by atoms with Gasteiger partial charge in [0.15, 0.2) is 11.5 Å². The molecule has 0 aliphatic heterocycles. The van der Waals surface area contributed by atoms with E-state index in [-0.39, 0.29) is 0 Å². The fourth-order valence-electron chi connectivity index (χ4n) is 1.66. The number of rotatable bonds is 8. The van der Waals surface area contributed by atoms with Crippen LogP contribution in [0.5, 0.6) is 11.5 Å². The predicted octanol–water partition coefficient (Wildman–Crippen LogP) is 4.13. The normalized spacial score (nSPS) is 12.3. The highest BCUT2D eigenvalue weighted by molar-refractivity contribution is 9.10. The van der Waals surface area contributed by atoms with Crippen LogP contribution in [0.25, 0.3) is 0 Å². The highest BCUT2D eigenvalue weighted by atomic mass is 79.9. The van der Waals surface area contributed by atoms with Gasteiger partial charge in [0.05, 0.1) is 18.2 Å². The topological polar surface area (TPSA) is 30.5 Å². The van der Waals surface area contributed by atoms with E-state index in [4.69, 9.17) is 9.47 Å². The minimum absolute atomic E-state index is 0.515. The first-order chi connectivity index (χ1) is 9.12. The van der Waals surface area contributed by atoms with Crippen LogP contribution in [0.3, 0.4) is 0 Å². The van der Waals surface area contributed by atoms with Gasteiger partial charge in [-0.25, -0.2) is 0 Å². The second kappa shape index (κ2) is 8.43. The van der Waals surface area contributed by atoms with Crippen molar-refractivity contribution in [1.29, 1.82) is 0 Å². The van der Waals surface area contributed by atoms with Crippen LogP contribution in [0.15, 0.2) is 16.6 Å². The Balaban J connectivity index is 2.83. The summed E-state index contributed by atoms with van der Waals surface area (Å²) in [5, 5.41) is 3.47. The van der Waals surface area contributed by atoms with Crippen molar-refractivity contribution in [3.8, 4) is 11.5 Å². The molecule has 0 saturated heterocycles. The molecule has 0 unspecified atom stereocenters. The van der Waals surface area contributed by atoms with E-state index >= 15 is 0 Å². The third-order valence-electron chi connectivity index (χ3n) is 3.01. The highest BCUT2D eigenvalue weighted by Crippen LogP contribution is 2.36. The van der Waals surface area contributed by atoms with E-state index in [9.17, 15) is 0 Å². The van der Waals surface area contributed by atoms with Crippen molar-refractivity contribution in [1.82, 2.24) is 5.32 Å². The number of nitrogens with one attached hydrogen (secondary N) is 1. The van der Waals surface area contributed by atoms with Crippen molar-refractivity contribution >= 4 is 15.9 Å². The van der Waals surface area contributed by atoms with Crippen LogP contribution in [-0.4, -0.2) is 19.8 Å². The molecule has 0 fully saturated rings. The van der Waals surface area contributed by atoms with E-state index < -0.39 is 0 Å². The summed E-state index contributed by atoms with van der Waals surface area (Å²) in [6.07, 6.45) is 2.10. The predicted molar refractivity (Wildman–Crippen MR) is 83.1 cm³/mol. The number of ether oxygens (including phenoxy) is 2. The van der Waals surface area contributed by atoms with Gasteiger partial charge in [0, 0.05) is 12.6 Å². The molecule has 0 amide bonds. The van der Waals surface area contributed by atoms with Crippen LogP contribution >= 0.6 is 15.9 Å². The zero-order chi connectivity index (χ0) is 14.3. The summed E-state index contributed by atoms with van der Waals surface area (Å²) in [6, 6.07) is 4.63. The Morgan fingerprint density at radius 2 is 2.05 bits per heavy atom. The van der Waals surface area contributed by atoms with Crippen LogP contribution in [0, 0.1) is 0 Å². The summed E-state index contributed by atoms with van der Waals surface area (Å²) in [4.78, 5) is 0. The van der Waals surface area contributed by atoms with Crippen molar-refractivity contribution < 1.29 is 9.47 Å². The van der Waals surface area contributed by atoms with Gasteiger partial charge in [0.2, 0.25) is 0 Å². The molecule has 0 radical (unpaired) electrons. The fraction of sp³-hybridized carbons (Fsp3) is 0.600. The van der Waals surface area contributed by atoms with Gasteiger partial charge in [-0.1, -0.05) is 13.8 Å². The van der Waals surface area contributed by atoms with E-state index in [1.165, 1.54) is 5.56 Å². The standard InChI is InChI=1S/C15H24BrNO2/c1-5-7-19-15-13(16)8-12(9-14(15)18-4)10-17-11(3)6-2/h8-9,11,17H,5-7,10H2,1-4H3/t11-/m1/s1. The Kier molecular flexibility index (Phi) is 7.24. The smallest absolute Gasteiger partial charge is 0.175 e. The van der Waals surface area contributed by atoms with E-state index in [1.807, 2.05) is 6.07 Å². The largest absolute Gasteiger partial charge is 0.493 e. The molecule has 0 bridgehead atoms. The zero-order valence-corrected chi connectivity index (χ0v) is 13.8. The molecular weight excluding hydrogens is 306 g/mol. The summed E-state index contributed by atoms with van der Waals surface area (Å²) >= 11 is 3.56. The molecular formula is C15H24BrNO2. The molecule has 1 atom stereocenters. The quantitative estimate of drug-likeness (QED) is 0.777. The Hall–Kier alpha value is -0.740. The van der Waals surface area contributed by atoms with Crippen molar-refractivity contribution in [3.05, 3.63) is 22.2 Å². The fourth-order valence-corrected chi connectivity index (χ4v) is 2.26. The minimum atomic E-state index is 0.515. The second-order valence-corrected chi connectivity index (χ2v) is 5.50. The summed E-state index contributed by atoms with van der Waals surface area (Å²) < 4.78 is 12.1. The van der Waals surface area contributed by atoms with Gasteiger partial charge in [-0.05, 0) is 53.4 Å². The third kappa shape index (κ3) is 5.03. The summed E-state index contributed by atoms with van der Waals surface area (Å²) in [5.41, 5.74) is 1.19. The summed E-state index contributed by atoms with van der Waals surface area (Å²) in [5.74, 6) is 1.57. The first kappa shape index (κ1) is 16.3. The van der Waals surface area contributed by atoms with Gasteiger partial charge >= 0.3 is 0 Å². The lowest BCUT2D eigenvalue weighted by Gasteiger charge is -2.16. The lowest BCUT2D eigenvalue weighted by Crippen LogP contribution is -2.24. The monoisotopic (exact) mass is 329 g/mol. The SMILES string of the molecule is CCCOc1c(Br)cc(CN[C@H](C)CC)cc1OC. The van der Waals surface area contributed by atoms with Crippen LogP contribution in [0.1, 0.15) is 39.2 Å². The van der Waals surface area contributed by atoms with Crippen molar-refractivity contribution in [2.24, 2.45) is 0 Å². The number of methoxy groups -OCH3 is 1. The maximum Gasteiger partial charge on any atom is 0.175 e. The first-order valence-corrected chi connectivity index (χ1v) is 7.64. The molecule has 0 spiro atoms. The second-order valence-electron chi connectivity index (χ2n) is 4.65. The van der Waals surface area contributed by atoms with Gasteiger partial charge in [-0.3, -0.25) is 0 Å². The molecule has 1 N–H and O–H groups in total. The molecule has 0 aliphatic carbocycles. The van der Waals surface area contributed by atoms with E-state index in [1.54, 1.807) is 7.11 Å². The average Bonchev–Trinajstić information content (AvgIpc) is 2.42. The van der Waals surface area contributed by atoms with Crippen molar-refractivity contribution in [3.63, 3.8) is 0 Å². The van der Waals surface area contributed by atoms with Gasteiger partial charge in [-0.2, -0.15) is 0 Å². The molecule has 1 aromatic carbocycles. The maximum atomic E-state index is 5.72. The van der Waals surface area contributed by atoms with Crippen LogP contribution in [0.4, 0.5) is 0 Å². The summed E-state index contributed by atoms with van der Waals surface area (Å²) in [6.45, 7) is 7.98. The average molecular weight is 330 g/mol. The highest BCUT2D eigenvalue weighted by Gasteiger charge is 2.11. The Labute approximate surface area is 124 Å². The Morgan fingerprint density at radius 3 is 2.63 bits per heavy atom. The molecule has 108 valence electrons. The molecule has 0 heterocycles. The van der Waals surface area contributed by atoms with Crippen molar-refractivity contribution in [2.45, 2.75) is 46.2 Å². The minimum Gasteiger partial charge on any atom is -0.493 e. The maximum absolute atomic E-state index is 5.72. The molecule has 1 aromatic rings. The van der Waals surface area contributed by atoms with Gasteiger partial charge in [-0.15, -0.1) is 0 Å². The lowest BCUT2D eigenvalue weighted by atomic mass is 10.1. The lowest BCUT2D eigenvalue weighted by molar-refractivity contribution is 0.292. The van der Waals surface area contributed by atoms with Crippen LogP contribution in [-0.2, 0) is 6.54 Å². The van der Waals surface area contributed by atoms with E-state index in [0.29, 0.717) is 12.6 Å². The third-order valence-corrected chi connectivity index (χ3v) is 3.60. The van der Waals surface area contributed by atoms with Gasteiger partial charge in [0.1, 0.15) is 0 Å². The van der Waals surface area contributed by atoms with Crippen LogP contribution < -0.4 is 14.8 Å². The van der Waals surface area contributed by atoms with Gasteiger partial charge < -0.3 is 14.8 Å².